The van der Waals surface area contributed by atoms with Crippen molar-refractivity contribution in [3.05, 3.63) is 54.1 Å². The summed E-state index contributed by atoms with van der Waals surface area (Å²) in [4.78, 5) is 25.6. The van der Waals surface area contributed by atoms with Crippen LogP contribution >= 0.6 is 11.8 Å². The zero-order valence-electron chi connectivity index (χ0n) is 16.4. The molecule has 0 saturated heterocycles. The van der Waals surface area contributed by atoms with E-state index in [9.17, 15) is 18.4 Å². The Morgan fingerprint density at radius 2 is 1.66 bits per heavy atom. The monoisotopic (exact) mass is 422 g/mol. The van der Waals surface area contributed by atoms with Crippen LogP contribution in [0.1, 0.15) is 31.1 Å². The van der Waals surface area contributed by atoms with Gasteiger partial charge in [0, 0.05) is 16.1 Å². The molecule has 0 aromatic heterocycles. The van der Waals surface area contributed by atoms with E-state index in [1.807, 2.05) is 20.8 Å². The topological polar surface area (TPSA) is 67.4 Å². The summed E-state index contributed by atoms with van der Waals surface area (Å²) in [6.07, 6.45) is 0. The van der Waals surface area contributed by atoms with Gasteiger partial charge in [0.2, 0.25) is 5.91 Å². The van der Waals surface area contributed by atoms with Gasteiger partial charge in [-0.25, -0.2) is 0 Å². The lowest BCUT2D eigenvalue weighted by atomic mass is 10.0. The van der Waals surface area contributed by atoms with E-state index < -0.39 is 11.8 Å². The first-order valence-corrected chi connectivity index (χ1v) is 10.1. The Labute approximate surface area is 173 Å². The Hall–Kier alpha value is -2.61. The smallest absolute Gasteiger partial charge is 0.288 e. The standard InChI is InChI=1S/C21H24F2N2O3S/c1-4-28-16-9-5-14(6-10-16)19(26)25-18(13(2)3)20(27)24-15-7-11-17(12-8-15)29-21(22)23/h5-13,18,21H,4H2,1-3H3,(H,24,27)(H,25,26). The van der Waals surface area contributed by atoms with E-state index in [2.05, 4.69) is 10.6 Å². The van der Waals surface area contributed by atoms with Gasteiger partial charge >= 0.3 is 0 Å². The summed E-state index contributed by atoms with van der Waals surface area (Å²) in [6, 6.07) is 12.0. The molecule has 0 heterocycles. The molecule has 29 heavy (non-hydrogen) atoms. The zero-order chi connectivity index (χ0) is 21.4. The van der Waals surface area contributed by atoms with Crippen LogP contribution in [-0.4, -0.2) is 30.2 Å². The SMILES string of the molecule is CCOc1ccc(C(=O)NC(C(=O)Nc2ccc(SC(F)F)cc2)C(C)C)cc1. The van der Waals surface area contributed by atoms with Crippen LogP contribution in [0, 0.1) is 5.92 Å². The van der Waals surface area contributed by atoms with E-state index in [0.717, 1.165) is 0 Å². The van der Waals surface area contributed by atoms with Crippen LogP contribution in [0.2, 0.25) is 0 Å². The van der Waals surface area contributed by atoms with Crippen molar-refractivity contribution in [2.45, 2.75) is 37.5 Å². The van der Waals surface area contributed by atoms with Crippen LogP contribution in [0.15, 0.2) is 53.4 Å². The van der Waals surface area contributed by atoms with Gasteiger partial charge < -0.3 is 15.4 Å². The molecule has 2 aromatic carbocycles. The summed E-state index contributed by atoms with van der Waals surface area (Å²) in [5.74, 6) is -2.75. The largest absolute Gasteiger partial charge is 0.494 e. The zero-order valence-corrected chi connectivity index (χ0v) is 17.3. The predicted octanol–water partition coefficient (Wildman–Crippen LogP) is 4.79. The maximum Gasteiger partial charge on any atom is 0.288 e. The number of carbonyl (C=O) groups is 2. The van der Waals surface area contributed by atoms with Crippen molar-refractivity contribution in [2.75, 3.05) is 11.9 Å². The Morgan fingerprint density at radius 3 is 2.17 bits per heavy atom. The van der Waals surface area contributed by atoms with Crippen LogP contribution in [0.4, 0.5) is 14.5 Å². The molecule has 2 aromatic rings. The van der Waals surface area contributed by atoms with E-state index >= 15 is 0 Å². The van der Waals surface area contributed by atoms with E-state index in [1.165, 1.54) is 12.1 Å². The van der Waals surface area contributed by atoms with Crippen molar-refractivity contribution in [3.63, 3.8) is 0 Å². The van der Waals surface area contributed by atoms with Crippen LogP contribution < -0.4 is 15.4 Å². The average molecular weight is 422 g/mol. The molecule has 0 bridgehead atoms. The van der Waals surface area contributed by atoms with Gasteiger partial charge in [0.25, 0.3) is 11.7 Å². The summed E-state index contributed by atoms with van der Waals surface area (Å²) < 4.78 is 30.1. The van der Waals surface area contributed by atoms with Gasteiger partial charge in [-0.1, -0.05) is 25.6 Å². The third-order valence-electron chi connectivity index (χ3n) is 4.01. The van der Waals surface area contributed by atoms with Crippen molar-refractivity contribution in [2.24, 2.45) is 5.92 Å². The Kier molecular flexibility index (Phi) is 8.45. The lowest BCUT2D eigenvalue weighted by Crippen LogP contribution is -2.47. The first-order valence-electron chi connectivity index (χ1n) is 9.19. The number of benzene rings is 2. The predicted molar refractivity (Wildman–Crippen MR) is 111 cm³/mol. The highest BCUT2D eigenvalue weighted by atomic mass is 32.2. The summed E-state index contributed by atoms with van der Waals surface area (Å²) in [5, 5.41) is 5.46. The Morgan fingerprint density at radius 1 is 1.03 bits per heavy atom. The summed E-state index contributed by atoms with van der Waals surface area (Å²) in [5.41, 5.74) is 0.884. The molecule has 1 unspecified atom stereocenters. The van der Waals surface area contributed by atoms with Gasteiger partial charge in [-0.15, -0.1) is 0 Å². The fourth-order valence-corrected chi connectivity index (χ4v) is 3.07. The van der Waals surface area contributed by atoms with Crippen molar-refractivity contribution in [1.29, 1.82) is 0 Å². The van der Waals surface area contributed by atoms with Crippen LogP contribution in [0.3, 0.4) is 0 Å². The van der Waals surface area contributed by atoms with Crippen LogP contribution in [0.5, 0.6) is 5.75 Å². The highest BCUT2D eigenvalue weighted by Crippen LogP contribution is 2.26. The normalized spacial score (nSPS) is 12.0. The van der Waals surface area contributed by atoms with Gasteiger partial charge in [-0.3, -0.25) is 9.59 Å². The maximum atomic E-state index is 12.7. The number of thioether (sulfide) groups is 1. The van der Waals surface area contributed by atoms with Gasteiger partial charge in [-0.2, -0.15) is 8.78 Å². The molecule has 2 N–H and O–H groups in total. The molecule has 0 radical (unpaired) electrons. The highest BCUT2D eigenvalue weighted by molar-refractivity contribution is 7.99. The molecule has 0 spiro atoms. The van der Waals surface area contributed by atoms with Gasteiger partial charge in [0.1, 0.15) is 11.8 Å². The molecular weight excluding hydrogens is 398 g/mol. The van der Waals surface area contributed by atoms with E-state index in [1.54, 1.807) is 36.4 Å². The van der Waals surface area contributed by atoms with Gasteiger partial charge in [0.05, 0.1) is 6.61 Å². The third kappa shape index (κ3) is 7.05. The lowest BCUT2D eigenvalue weighted by Gasteiger charge is -2.22. The number of halogens is 2. The summed E-state index contributed by atoms with van der Waals surface area (Å²) in [7, 11) is 0. The molecule has 0 aliphatic rings. The van der Waals surface area contributed by atoms with E-state index in [0.29, 0.717) is 40.3 Å². The third-order valence-corrected chi connectivity index (χ3v) is 4.73. The molecule has 2 rings (SSSR count). The van der Waals surface area contributed by atoms with Crippen molar-refractivity contribution < 1.29 is 23.1 Å². The number of ether oxygens (including phenoxy) is 1. The van der Waals surface area contributed by atoms with Crippen molar-refractivity contribution in [3.8, 4) is 5.75 Å². The van der Waals surface area contributed by atoms with Gasteiger partial charge in [-0.05, 0) is 61.4 Å². The summed E-state index contributed by atoms with van der Waals surface area (Å²) in [6.45, 7) is 6.05. The number of nitrogens with one attached hydrogen (secondary N) is 2. The molecule has 2 amide bonds. The summed E-state index contributed by atoms with van der Waals surface area (Å²) >= 11 is 0.435. The van der Waals surface area contributed by atoms with Crippen LogP contribution in [-0.2, 0) is 4.79 Å². The van der Waals surface area contributed by atoms with Gasteiger partial charge in [0.15, 0.2) is 0 Å². The second kappa shape index (κ2) is 10.8. The Balaban J connectivity index is 2.02. The minimum Gasteiger partial charge on any atom is -0.494 e. The lowest BCUT2D eigenvalue weighted by molar-refractivity contribution is -0.118. The molecule has 156 valence electrons. The molecule has 0 saturated carbocycles. The maximum absolute atomic E-state index is 12.7. The highest BCUT2D eigenvalue weighted by Gasteiger charge is 2.25. The number of rotatable bonds is 9. The number of hydrogen-bond acceptors (Lipinski definition) is 4. The molecule has 0 aliphatic carbocycles. The van der Waals surface area contributed by atoms with E-state index in [-0.39, 0.29) is 17.7 Å². The first kappa shape index (κ1) is 22.7. The van der Waals surface area contributed by atoms with Crippen molar-refractivity contribution in [1.82, 2.24) is 5.32 Å². The average Bonchev–Trinajstić information content (AvgIpc) is 2.67. The molecule has 0 aliphatic heterocycles. The number of hydrogen-bond donors (Lipinski definition) is 2. The first-order chi connectivity index (χ1) is 13.8. The second-order valence-corrected chi connectivity index (χ2v) is 7.61. The fraction of sp³-hybridized carbons (Fsp3) is 0.333. The number of anilines is 1. The Bertz CT molecular complexity index is 812. The molecule has 8 heteroatoms. The minimum absolute atomic E-state index is 0.157. The molecule has 5 nitrogen and oxygen atoms in total. The molecule has 0 fully saturated rings. The van der Waals surface area contributed by atoms with E-state index in [4.69, 9.17) is 4.74 Å². The molecular formula is C21H24F2N2O3S. The fourth-order valence-electron chi connectivity index (χ4n) is 2.57. The minimum atomic E-state index is -2.50. The quantitative estimate of drug-likeness (QED) is 0.570. The molecule has 1 atom stereocenters. The number of carbonyl (C=O) groups excluding carboxylic acids is 2. The van der Waals surface area contributed by atoms with Crippen LogP contribution in [0.25, 0.3) is 0 Å². The van der Waals surface area contributed by atoms with Crippen molar-refractivity contribution >= 4 is 29.3 Å². The number of amides is 2. The second-order valence-electron chi connectivity index (χ2n) is 6.54. The number of alkyl halides is 2.